The van der Waals surface area contributed by atoms with Gasteiger partial charge in [0.05, 0.1) is 7.11 Å². The third kappa shape index (κ3) is 4.72. The molecule has 0 radical (unpaired) electrons. The van der Waals surface area contributed by atoms with Crippen LogP contribution in [0.3, 0.4) is 0 Å². The second-order valence-corrected chi connectivity index (χ2v) is 2.60. The van der Waals surface area contributed by atoms with E-state index in [-0.39, 0.29) is 5.97 Å². The largest absolute Gasteiger partial charge is 0.466 e. The van der Waals surface area contributed by atoms with E-state index in [1.54, 1.807) is 6.92 Å². The minimum absolute atomic E-state index is 0.242. The van der Waals surface area contributed by atoms with Crippen LogP contribution in [0.1, 0.15) is 26.2 Å². The van der Waals surface area contributed by atoms with Gasteiger partial charge in [0.1, 0.15) is 0 Å². The van der Waals surface area contributed by atoms with Crippen molar-refractivity contribution in [2.24, 2.45) is 0 Å². The Hall–Kier alpha value is -1.05. The number of hydrogen-bond donors (Lipinski definition) is 0. The van der Waals surface area contributed by atoms with Crippen LogP contribution < -0.4 is 0 Å². The molecule has 0 aliphatic rings. The first kappa shape index (κ1) is 11.0. The summed E-state index contributed by atoms with van der Waals surface area (Å²) in [6, 6.07) is 0. The number of ether oxygens (including phenoxy) is 1. The highest BCUT2D eigenvalue weighted by Crippen LogP contribution is 2.02. The summed E-state index contributed by atoms with van der Waals surface area (Å²) in [5.41, 5.74) is 0.682. The molecule has 0 aromatic carbocycles. The molecule has 0 aliphatic heterocycles. The molecule has 0 heterocycles. The summed E-state index contributed by atoms with van der Waals surface area (Å²) >= 11 is 0. The van der Waals surface area contributed by atoms with E-state index in [9.17, 15) is 4.79 Å². The fraction of sp³-hybridized carbons (Fsp3) is 0.500. The molecule has 0 amide bonds. The minimum Gasteiger partial charge on any atom is -0.466 e. The van der Waals surface area contributed by atoms with Crippen LogP contribution >= 0.6 is 0 Å². The molecule has 0 unspecified atom stereocenters. The van der Waals surface area contributed by atoms with Crippen molar-refractivity contribution in [1.82, 2.24) is 0 Å². The van der Waals surface area contributed by atoms with Gasteiger partial charge in [0.15, 0.2) is 0 Å². The molecule has 2 nitrogen and oxygen atoms in total. The summed E-state index contributed by atoms with van der Waals surface area (Å²) in [5, 5.41) is 0. The molecule has 0 fully saturated rings. The monoisotopic (exact) mass is 168 g/mol. The summed E-state index contributed by atoms with van der Waals surface area (Å²) in [5.74, 6) is -0.242. The first-order chi connectivity index (χ1) is 5.72. The van der Waals surface area contributed by atoms with Gasteiger partial charge in [-0.25, -0.2) is 4.79 Å². The summed E-state index contributed by atoms with van der Waals surface area (Å²) in [6.07, 6.45) is 6.71. The van der Waals surface area contributed by atoms with Crippen molar-refractivity contribution < 1.29 is 9.53 Å². The molecule has 0 saturated heterocycles. The summed E-state index contributed by atoms with van der Waals surface area (Å²) < 4.78 is 4.54. The average Bonchev–Trinajstić information content (AvgIpc) is 2.10. The van der Waals surface area contributed by atoms with Crippen LogP contribution in [0, 0.1) is 0 Å². The zero-order chi connectivity index (χ0) is 9.40. The van der Waals surface area contributed by atoms with Gasteiger partial charge >= 0.3 is 5.97 Å². The maximum atomic E-state index is 10.9. The van der Waals surface area contributed by atoms with Crippen molar-refractivity contribution >= 4 is 5.97 Å². The number of allylic oxidation sites excluding steroid dienone is 2. The zero-order valence-electron chi connectivity index (χ0n) is 7.80. The van der Waals surface area contributed by atoms with Gasteiger partial charge in [-0.15, -0.1) is 6.58 Å². The summed E-state index contributed by atoms with van der Waals surface area (Å²) in [6.45, 7) is 5.38. The molecule has 0 saturated carbocycles. The van der Waals surface area contributed by atoms with E-state index in [4.69, 9.17) is 0 Å². The number of unbranched alkanes of at least 4 members (excludes halogenated alkanes) is 2. The van der Waals surface area contributed by atoms with Gasteiger partial charge in [-0.05, 0) is 26.2 Å². The van der Waals surface area contributed by atoms with Gasteiger partial charge in [-0.1, -0.05) is 12.2 Å². The minimum atomic E-state index is -0.242. The van der Waals surface area contributed by atoms with Crippen molar-refractivity contribution in [2.75, 3.05) is 7.11 Å². The normalized spacial score (nSPS) is 11.0. The van der Waals surface area contributed by atoms with Crippen molar-refractivity contribution in [3.8, 4) is 0 Å². The van der Waals surface area contributed by atoms with Crippen molar-refractivity contribution in [1.29, 1.82) is 0 Å². The van der Waals surface area contributed by atoms with Gasteiger partial charge < -0.3 is 4.74 Å². The molecular formula is C10H16O2. The second-order valence-electron chi connectivity index (χ2n) is 2.60. The van der Waals surface area contributed by atoms with E-state index < -0.39 is 0 Å². The Labute approximate surface area is 73.9 Å². The Morgan fingerprint density at radius 1 is 1.50 bits per heavy atom. The third-order valence-corrected chi connectivity index (χ3v) is 1.57. The third-order valence-electron chi connectivity index (χ3n) is 1.57. The lowest BCUT2D eigenvalue weighted by Gasteiger charge is -1.97. The van der Waals surface area contributed by atoms with Gasteiger partial charge in [0, 0.05) is 5.57 Å². The summed E-state index contributed by atoms with van der Waals surface area (Å²) in [7, 11) is 1.39. The molecule has 12 heavy (non-hydrogen) atoms. The highest BCUT2D eigenvalue weighted by atomic mass is 16.5. The first-order valence-corrected chi connectivity index (χ1v) is 4.08. The lowest BCUT2D eigenvalue weighted by molar-refractivity contribution is -0.136. The Morgan fingerprint density at radius 2 is 2.17 bits per heavy atom. The molecule has 0 bridgehead atoms. The molecule has 0 aromatic heterocycles. The second kappa shape index (κ2) is 6.65. The van der Waals surface area contributed by atoms with Crippen LogP contribution in [0.2, 0.25) is 0 Å². The number of carbonyl (C=O) groups is 1. The quantitative estimate of drug-likeness (QED) is 0.273. The van der Waals surface area contributed by atoms with Crippen molar-refractivity contribution in [3.05, 3.63) is 24.3 Å². The van der Waals surface area contributed by atoms with Crippen LogP contribution in [0.25, 0.3) is 0 Å². The predicted molar refractivity (Wildman–Crippen MR) is 49.8 cm³/mol. The van der Waals surface area contributed by atoms with Crippen molar-refractivity contribution in [3.63, 3.8) is 0 Å². The first-order valence-electron chi connectivity index (χ1n) is 4.08. The van der Waals surface area contributed by atoms with Crippen LogP contribution in [-0.2, 0) is 9.53 Å². The standard InChI is InChI=1S/C10H16O2/c1-4-5-6-7-8-9(2)10(11)12-3/h4,8H,1,5-7H2,2-3H3/b9-8+. The highest BCUT2D eigenvalue weighted by molar-refractivity contribution is 5.87. The molecule has 0 atom stereocenters. The molecule has 0 aromatic rings. The van der Waals surface area contributed by atoms with E-state index >= 15 is 0 Å². The fourth-order valence-electron chi connectivity index (χ4n) is 0.825. The van der Waals surface area contributed by atoms with Gasteiger partial charge in [-0.3, -0.25) is 0 Å². The molecule has 0 rings (SSSR count). The lowest BCUT2D eigenvalue weighted by Crippen LogP contribution is -2.00. The maximum absolute atomic E-state index is 10.9. The Bertz CT molecular complexity index is 180. The van der Waals surface area contributed by atoms with Gasteiger partial charge in [0.25, 0.3) is 0 Å². The van der Waals surface area contributed by atoms with E-state index in [0.717, 1.165) is 19.3 Å². The smallest absolute Gasteiger partial charge is 0.333 e. The Morgan fingerprint density at radius 3 is 2.67 bits per heavy atom. The average molecular weight is 168 g/mol. The number of rotatable bonds is 5. The SMILES string of the molecule is C=CCCC/C=C(\C)C(=O)OC. The number of esters is 1. The van der Waals surface area contributed by atoms with Crippen LogP contribution in [0.4, 0.5) is 0 Å². The molecule has 68 valence electrons. The molecule has 0 N–H and O–H groups in total. The zero-order valence-corrected chi connectivity index (χ0v) is 7.80. The lowest BCUT2D eigenvalue weighted by atomic mass is 10.2. The number of hydrogen-bond acceptors (Lipinski definition) is 2. The maximum Gasteiger partial charge on any atom is 0.333 e. The topological polar surface area (TPSA) is 26.3 Å². The Balaban J connectivity index is 3.68. The van der Waals surface area contributed by atoms with Crippen LogP contribution in [0.15, 0.2) is 24.3 Å². The van der Waals surface area contributed by atoms with E-state index in [0.29, 0.717) is 5.57 Å². The molecule has 2 heteroatoms. The van der Waals surface area contributed by atoms with E-state index in [1.807, 2.05) is 12.2 Å². The molecule has 0 aliphatic carbocycles. The molecule has 0 spiro atoms. The van der Waals surface area contributed by atoms with Crippen LogP contribution in [-0.4, -0.2) is 13.1 Å². The summed E-state index contributed by atoms with van der Waals surface area (Å²) in [4.78, 5) is 10.9. The fourth-order valence-corrected chi connectivity index (χ4v) is 0.825. The van der Waals surface area contributed by atoms with Gasteiger partial charge in [-0.2, -0.15) is 0 Å². The van der Waals surface area contributed by atoms with Crippen molar-refractivity contribution in [2.45, 2.75) is 26.2 Å². The number of carbonyl (C=O) groups excluding carboxylic acids is 1. The van der Waals surface area contributed by atoms with E-state index in [2.05, 4.69) is 11.3 Å². The van der Waals surface area contributed by atoms with E-state index in [1.165, 1.54) is 7.11 Å². The Kier molecular flexibility index (Phi) is 6.07. The predicted octanol–water partition coefficient (Wildman–Crippen LogP) is 2.46. The highest BCUT2D eigenvalue weighted by Gasteiger charge is 2.00. The molecular weight excluding hydrogens is 152 g/mol. The number of methoxy groups -OCH3 is 1. The van der Waals surface area contributed by atoms with Gasteiger partial charge in [0.2, 0.25) is 0 Å². The van der Waals surface area contributed by atoms with Crippen LogP contribution in [0.5, 0.6) is 0 Å².